The second-order valence-electron chi connectivity index (χ2n) is 3.81. The van der Waals surface area contributed by atoms with Crippen LogP contribution in [0.15, 0.2) is 0 Å². The fraction of sp³-hybridized carbons (Fsp3) is 0.889. The van der Waals surface area contributed by atoms with Gasteiger partial charge < -0.3 is 4.18 Å². The lowest BCUT2D eigenvalue weighted by Gasteiger charge is -2.33. The van der Waals surface area contributed by atoms with E-state index in [1.54, 1.807) is 0 Å². The van der Waals surface area contributed by atoms with Crippen molar-refractivity contribution in [3.63, 3.8) is 0 Å². The minimum Gasteiger partial charge on any atom is -0.325 e. The van der Waals surface area contributed by atoms with Crippen LogP contribution >= 0.6 is 29.8 Å². The molecule has 1 saturated heterocycles. The number of carbonyl (C=O) groups excluding carboxylic acids is 1. The second kappa shape index (κ2) is 6.38. The number of hydrogen-bond donors (Lipinski definition) is 1. The van der Waals surface area contributed by atoms with Gasteiger partial charge in [-0.1, -0.05) is 24.2 Å². The Bertz CT molecular complexity index is 317. The Morgan fingerprint density at radius 2 is 2.24 bits per heavy atom. The van der Waals surface area contributed by atoms with Crippen LogP contribution in [0.1, 0.15) is 27.2 Å². The monoisotopic (exact) mass is 300 g/mol. The van der Waals surface area contributed by atoms with Crippen LogP contribution in [-0.2, 0) is 13.4 Å². The van der Waals surface area contributed by atoms with Crippen LogP contribution in [0, 0.1) is 0 Å². The molecule has 0 N–H and O–H groups in total. The number of hydroxylamine groups is 2. The number of rotatable bonds is 6. The Balaban J connectivity index is 2.75. The number of hydrogen-bond acceptors (Lipinski definition) is 4. The van der Waals surface area contributed by atoms with E-state index >= 15 is 0 Å². The third-order valence-corrected chi connectivity index (χ3v) is 6.57. The summed E-state index contributed by atoms with van der Waals surface area (Å²) in [6.07, 6.45) is 0.919. The van der Waals surface area contributed by atoms with Crippen molar-refractivity contribution in [3.8, 4) is 0 Å². The molecule has 1 fully saturated rings. The molecule has 0 radical (unpaired) electrons. The van der Waals surface area contributed by atoms with Gasteiger partial charge in [0.1, 0.15) is 12.2 Å². The second-order valence-corrected chi connectivity index (χ2v) is 8.58. The normalized spacial score (nSPS) is 31.2. The van der Waals surface area contributed by atoms with E-state index in [4.69, 9.17) is 8.81 Å². The molecule has 3 unspecified atom stereocenters. The predicted octanol–water partition coefficient (Wildman–Crippen LogP) is 3.50. The molecule has 0 aromatic heterocycles. The van der Waals surface area contributed by atoms with Gasteiger partial charge in [0.2, 0.25) is 0 Å². The molecule has 3 atom stereocenters. The van der Waals surface area contributed by atoms with Gasteiger partial charge in [0.15, 0.2) is 0 Å². The van der Waals surface area contributed by atoms with Crippen LogP contribution in [0.25, 0.3) is 0 Å². The molecule has 17 heavy (non-hydrogen) atoms. The Kier molecular flexibility index (Phi) is 5.73. The number of amides is 1. The highest BCUT2D eigenvalue weighted by Gasteiger charge is 2.46. The lowest BCUT2D eigenvalue weighted by Crippen LogP contribution is -2.25. The van der Waals surface area contributed by atoms with Gasteiger partial charge in [0, 0.05) is 11.5 Å². The highest BCUT2D eigenvalue weighted by Crippen LogP contribution is 2.56. The van der Waals surface area contributed by atoms with E-state index in [1.165, 1.54) is 0 Å². The number of nitrogens with zero attached hydrogens (tertiary/aromatic N) is 1. The first-order valence-corrected chi connectivity index (χ1v) is 9.80. The predicted molar refractivity (Wildman–Crippen MR) is 73.6 cm³/mol. The average Bonchev–Trinajstić information content (AvgIpc) is 2.58. The molecule has 0 bridgehead atoms. The van der Waals surface area contributed by atoms with Crippen LogP contribution < -0.4 is 0 Å². The summed E-state index contributed by atoms with van der Waals surface area (Å²) in [4.78, 5) is 12.2. The van der Waals surface area contributed by atoms with Crippen molar-refractivity contribution in [3.05, 3.63) is 0 Å². The largest absolute Gasteiger partial charge is 0.606 e. The van der Waals surface area contributed by atoms with Crippen molar-refractivity contribution in [1.82, 2.24) is 5.06 Å². The Morgan fingerprint density at radius 3 is 2.71 bits per heavy atom. The first-order valence-electron chi connectivity index (χ1n) is 5.58. The molecule has 0 saturated carbocycles. The average molecular weight is 300 g/mol. The van der Waals surface area contributed by atoms with Crippen LogP contribution in [0.4, 0.5) is 4.79 Å². The van der Waals surface area contributed by atoms with Gasteiger partial charge in [0.05, 0.1) is 12.6 Å². The summed E-state index contributed by atoms with van der Waals surface area (Å²) in [6, 6.07) is 0. The highest BCUT2D eigenvalue weighted by atomic mass is 32.7. The van der Waals surface area contributed by atoms with Crippen molar-refractivity contribution in [2.45, 2.75) is 33.3 Å². The van der Waals surface area contributed by atoms with Crippen molar-refractivity contribution in [2.24, 2.45) is 0 Å². The van der Waals surface area contributed by atoms with Crippen molar-refractivity contribution in [1.29, 1.82) is 0 Å². The summed E-state index contributed by atoms with van der Waals surface area (Å²) in [5.74, 6) is 1.31. The number of thiol groups is 1. The van der Waals surface area contributed by atoms with Crippen molar-refractivity contribution in [2.75, 3.05) is 18.1 Å². The molecule has 1 heterocycles. The molecule has 100 valence electrons. The van der Waals surface area contributed by atoms with Gasteiger partial charge in [0.25, 0.3) is 0 Å². The topological polar surface area (TPSA) is 55.8 Å². The molecule has 8 heteroatoms. The third-order valence-electron chi connectivity index (χ3n) is 2.70. The molecule has 1 aliphatic rings. The van der Waals surface area contributed by atoms with E-state index in [-0.39, 0.29) is 11.3 Å². The molecule has 0 aromatic rings. The lowest BCUT2D eigenvalue weighted by molar-refractivity contribution is 0.0225. The van der Waals surface area contributed by atoms with E-state index in [1.807, 2.05) is 20.8 Å². The van der Waals surface area contributed by atoms with Crippen LogP contribution in [0.3, 0.4) is 0 Å². The van der Waals surface area contributed by atoms with Crippen LogP contribution in [-0.4, -0.2) is 34.5 Å². The van der Waals surface area contributed by atoms with E-state index in [0.717, 1.165) is 11.5 Å². The maximum absolute atomic E-state index is 12.2. The van der Waals surface area contributed by atoms with Gasteiger partial charge in [-0.25, -0.2) is 0 Å². The summed E-state index contributed by atoms with van der Waals surface area (Å²) >= 11 is 3.65. The van der Waals surface area contributed by atoms with Crippen molar-refractivity contribution < 1.29 is 18.2 Å². The first-order chi connectivity index (χ1) is 7.95. The first kappa shape index (κ1) is 15.2. The fourth-order valence-electron chi connectivity index (χ4n) is 1.56. The molecule has 1 amide bonds. The van der Waals surface area contributed by atoms with E-state index in [2.05, 4.69) is 12.2 Å². The summed E-state index contributed by atoms with van der Waals surface area (Å²) in [6.45, 7) is 6.35. The molecule has 0 aromatic carbocycles. The summed E-state index contributed by atoms with van der Waals surface area (Å²) in [5.41, 5.74) is 0. The van der Waals surface area contributed by atoms with E-state index in [9.17, 15) is 9.36 Å². The van der Waals surface area contributed by atoms with Gasteiger partial charge in [-0.05, 0) is 22.5 Å². The molecule has 0 spiro atoms. The van der Waals surface area contributed by atoms with Gasteiger partial charge in [-0.2, -0.15) is 5.06 Å². The quantitative estimate of drug-likeness (QED) is 0.602. The van der Waals surface area contributed by atoms with E-state index in [0.29, 0.717) is 18.1 Å². The zero-order valence-electron chi connectivity index (χ0n) is 10.3. The smallest absolute Gasteiger partial charge is 0.325 e. The maximum atomic E-state index is 12.2. The Morgan fingerprint density at radius 1 is 1.59 bits per heavy atom. The SMILES string of the molecule is CCC(C)OS1(CC)CCN(O[P+](=O)S)C1=O. The minimum absolute atomic E-state index is 0.0543. The van der Waals surface area contributed by atoms with Gasteiger partial charge in [-0.3, -0.25) is 4.79 Å². The lowest BCUT2D eigenvalue weighted by atomic mass is 10.3. The fourth-order valence-corrected chi connectivity index (χ4v) is 4.96. The minimum atomic E-state index is -2.10. The molecule has 0 aliphatic carbocycles. The van der Waals surface area contributed by atoms with Crippen LogP contribution in [0.2, 0.25) is 0 Å². The molecule has 5 nitrogen and oxygen atoms in total. The summed E-state index contributed by atoms with van der Waals surface area (Å²) < 4.78 is 21.7. The highest BCUT2D eigenvalue weighted by molar-refractivity contribution is 8.42. The molecule has 1 rings (SSSR count). The van der Waals surface area contributed by atoms with Crippen LogP contribution in [0.5, 0.6) is 0 Å². The zero-order chi connectivity index (χ0) is 13.1. The summed E-state index contributed by atoms with van der Waals surface area (Å²) in [7, 11) is -3.89. The van der Waals surface area contributed by atoms with Crippen molar-refractivity contribution >= 4 is 35.0 Å². The zero-order valence-corrected chi connectivity index (χ0v) is 12.9. The molecular weight excluding hydrogens is 281 g/mol. The summed E-state index contributed by atoms with van der Waals surface area (Å²) in [5, 5.41) is 0.977. The molecule has 1 aliphatic heterocycles. The van der Waals surface area contributed by atoms with E-state index < -0.39 is 17.5 Å². The number of carbonyl (C=O) groups is 1. The van der Waals surface area contributed by atoms with Gasteiger partial charge >= 0.3 is 12.5 Å². The Labute approximate surface area is 110 Å². The Hall–Kier alpha value is 0.190. The maximum Gasteiger partial charge on any atom is 0.606 e. The standard InChI is InChI=1S/C9H18NO4PS2/c1-4-8(3)13-17(5-2)7-6-10(9(17)11)14-15(12)16/h8H,4-7H2,1-3H3/p+1. The van der Waals surface area contributed by atoms with Gasteiger partial charge in [-0.15, -0.1) is 0 Å². The third kappa shape index (κ3) is 3.58. The molecular formula is C9H19NO4PS2+.